The van der Waals surface area contributed by atoms with E-state index in [0.717, 1.165) is 37.5 Å². The van der Waals surface area contributed by atoms with Crippen molar-refractivity contribution in [1.82, 2.24) is 4.90 Å². The van der Waals surface area contributed by atoms with Crippen LogP contribution in [0.25, 0.3) is 0 Å². The molecule has 118 heavy (non-hydrogen) atoms. The number of imide groups is 1. The maximum Gasteiger partial charge on any atom is 0.306 e. The molecule has 17 atom stereocenters. The lowest BCUT2D eigenvalue weighted by atomic mass is 9.94. The van der Waals surface area contributed by atoms with Gasteiger partial charge in [0.1, 0.15) is 84.5 Å². The smallest absolute Gasteiger partial charge is 0.306 e. The second-order valence-corrected chi connectivity index (χ2v) is 35.6. The van der Waals surface area contributed by atoms with Crippen molar-refractivity contribution in [2.24, 2.45) is 0 Å². The minimum absolute atomic E-state index is 0.00434. The number of esters is 2. The van der Waals surface area contributed by atoms with Crippen molar-refractivity contribution in [3.8, 4) is 5.75 Å². The molecule has 24 nitrogen and oxygen atoms in total. The maximum atomic E-state index is 15.4. The summed E-state index contributed by atoms with van der Waals surface area (Å²) >= 11 is 7.50. The van der Waals surface area contributed by atoms with E-state index in [0.29, 0.717) is 30.6 Å². The van der Waals surface area contributed by atoms with E-state index in [1.165, 1.54) is 14.0 Å². The molecule has 1 unspecified atom stereocenters. The van der Waals surface area contributed by atoms with Crippen molar-refractivity contribution in [2.45, 2.75) is 202 Å². The van der Waals surface area contributed by atoms with Crippen LogP contribution >= 0.6 is 11.6 Å². The van der Waals surface area contributed by atoms with Gasteiger partial charge >= 0.3 is 17.9 Å². The van der Waals surface area contributed by atoms with Crippen LogP contribution in [0.5, 0.6) is 5.75 Å². The van der Waals surface area contributed by atoms with Gasteiger partial charge in [-0.1, -0.05) is 233 Å². The summed E-state index contributed by atoms with van der Waals surface area (Å²) in [5, 5.41) is 1.24. The summed E-state index contributed by atoms with van der Waals surface area (Å²) in [5.74, 6) is -5.44. The van der Waals surface area contributed by atoms with Crippen LogP contribution in [0.1, 0.15) is 121 Å². The van der Waals surface area contributed by atoms with E-state index in [-0.39, 0.29) is 95.0 Å². The van der Waals surface area contributed by atoms with Crippen LogP contribution in [0.3, 0.4) is 0 Å². The predicted octanol–water partition coefficient (Wildman–Crippen LogP) is 12.6. The second kappa shape index (κ2) is 40.1. The van der Waals surface area contributed by atoms with Crippen LogP contribution < -0.4 is 15.1 Å². The number of methoxy groups -OCH3 is 2. The SMILES string of the molecule is COC(=O)CCCCCO[C@@H]1O[C@@H]2CO[C@@H](c3ccc(OC)cc3)O[C@H]2[C@H](OC2(CCl)O[C@H]3O[C@H](CO[Si](c4ccccc4)(c4ccccc4)C(C)(C)C)[C@H](OC(=O)CCC(C)=O)[C@H](O[C@H]4O[C@H](COCc5ccccc5)[C@H](OCc5ccccc5)[C@H](OCc5ccccc5)[C@H]4OCc4ccccc4)[C@H]3O2)[C@H]1N1C(=O)c2ccccc2C1=O. The van der Waals surface area contributed by atoms with Crippen molar-refractivity contribution in [1.29, 1.82) is 0 Å². The van der Waals surface area contributed by atoms with Crippen LogP contribution in [0.4, 0.5) is 0 Å². The Hall–Kier alpha value is -8.78. The summed E-state index contributed by atoms with van der Waals surface area (Å²) in [6, 6.07) is 70.7. The third-order valence-electron chi connectivity index (χ3n) is 22.0. The lowest BCUT2D eigenvalue weighted by Crippen LogP contribution is -2.69. The van der Waals surface area contributed by atoms with Gasteiger partial charge < -0.3 is 85.0 Å². The van der Waals surface area contributed by atoms with Crippen LogP contribution in [0.15, 0.2) is 231 Å². The molecule has 5 fully saturated rings. The number of ether oxygens (including phenoxy) is 17. The normalized spacial score (nSPS) is 26.9. The molecule has 14 rings (SSSR count). The number of fused-ring (bicyclic) bond motifs is 3. The lowest BCUT2D eigenvalue weighted by molar-refractivity contribution is -0.411. The Morgan fingerprint density at radius 1 is 0.517 bits per heavy atom. The van der Waals surface area contributed by atoms with Crippen molar-refractivity contribution in [3.63, 3.8) is 0 Å². The summed E-state index contributed by atoms with van der Waals surface area (Å²) < 4.78 is 126. The van der Waals surface area contributed by atoms with Gasteiger partial charge in [0.05, 0.1) is 78.0 Å². The van der Waals surface area contributed by atoms with Gasteiger partial charge in [-0.05, 0) is 81.7 Å². The zero-order valence-electron chi connectivity index (χ0n) is 67.0. The molecule has 0 aromatic heterocycles. The molecule has 0 radical (unpaired) electrons. The van der Waals surface area contributed by atoms with Crippen LogP contribution in [-0.4, -0.2) is 187 Å². The fourth-order valence-corrected chi connectivity index (χ4v) is 20.9. The van der Waals surface area contributed by atoms with Crippen molar-refractivity contribution in [2.75, 3.05) is 46.5 Å². The van der Waals surface area contributed by atoms with Gasteiger partial charge in [-0.25, -0.2) is 0 Å². The summed E-state index contributed by atoms with van der Waals surface area (Å²) in [5.41, 5.74) is 4.17. The van der Waals surface area contributed by atoms with E-state index >= 15 is 14.4 Å². The van der Waals surface area contributed by atoms with E-state index in [4.69, 9.17) is 96.6 Å². The number of amides is 2. The van der Waals surface area contributed by atoms with Crippen LogP contribution in [-0.2, 0) is 121 Å². The molecule has 6 aliphatic heterocycles. The average molecular weight is 1650 g/mol. The Morgan fingerprint density at radius 2 is 1.06 bits per heavy atom. The molecular formula is C92H102ClNO23Si. The maximum absolute atomic E-state index is 15.4. The minimum Gasteiger partial charge on any atom is -0.497 e. The van der Waals surface area contributed by atoms with Gasteiger partial charge in [-0.3, -0.25) is 28.8 Å². The van der Waals surface area contributed by atoms with Crippen molar-refractivity contribution < 1.29 is 109 Å². The third kappa shape index (κ3) is 20.1. The molecule has 6 heterocycles. The number of benzene rings is 8. The highest BCUT2D eigenvalue weighted by Crippen LogP contribution is 2.48. The van der Waals surface area contributed by atoms with Gasteiger partial charge in [0, 0.05) is 25.0 Å². The third-order valence-corrected chi connectivity index (χ3v) is 27.3. The van der Waals surface area contributed by atoms with E-state index in [1.807, 2.05) is 158 Å². The Balaban J connectivity index is 0.919. The Kier molecular flexibility index (Phi) is 29.1. The monoisotopic (exact) mass is 1650 g/mol. The van der Waals surface area contributed by atoms with E-state index < -0.39 is 141 Å². The zero-order valence-corrected chi connectivity index (χ0v) is 68.8. The van der Waals surface area contributed by atoms with Crippen LogP contribution in [0, 0.1) is 0 Å². The first-order valence-corrected chi connectivity index (χ1v) is 42.7. The number of rotatable bonds is 37. The number of halogens is 1. The number of carbonyl (C=O) groups is 5. The highest BCUT2D eigenvalue weighted by atomic mass is 35.5. The number of hydrogen-bond donors (Lipinski definition) is 0. The molecular weight excluding hydrogens is 1550 g/mol. The molecule has 8 aromatic rings. The lowest BCUT2D eigenvalue weighted by Gasteiger charge is -2.52. The fraction of sp³-hybridized carbons (Fsp3) is 0.424. The van der Waals surface area contributed by atoms with Gasteiger partial charge in [0.2, 0.25) is 0 Å². The highest BCUT2D eigenvalue weighted by molar-refractivity contribution is 6.99. The largest absolute Gasteiger partial charge is 0.497 e. The van der Waals surface area contributed by atoms with E-state index in [2.05, 4.69) is 45.0 Å². The number of hydrogen-bond acceptors (Lipinski definition) is 23. The van der Waals surface area contributed by atoms with Gasteiger partial charge in [0.25, 0.3) is 20.1 Å². The quantitative estimate of drug-likeness (QED) is 0.0115. The topological polar surface area (TPSA) is 255 Å². The van der Waals surface area contributed by atoms with Gasteiger partial charge in [0.15, 0.2) is 31.3 Å². The first-order valence-electron chi connectivity index (χ1n) is 40.2. The van der Waals surface area contributed by atoms with E-state index in [1.54, 1.807) is 55.6 Å². The first-order chi connectivity index (χ1) is 57.4. The van der Waals surface area contributed by atoms with Crippen molar-refractivity contribution in [3.05, 3.63) is 269 Å². The summed E-state index contributed by atoms with van der Waals surface area (Å²) in [4.78, 5) is 72.3. The standard InChI is InChI=1S/C92H102ClNO23Si/c1-60(95)45-50-75(97)112-79-73(58-108-118(91(2,3)4,67-38-22-11-23-39-67)68-40-24-12-25-41-68)111-90-84(82(79)114-89-83(106-55-64-36-20-10-21-37-64)81(105-54-63-34-18-9-19-35-63)77(104-53-62-32-16-8-17-33-62)71(110-89)56-102-52-61-30-14-7-15-31-61)116-92(59-93,117-90)115-80-76(94-85(98)69-42-27-28-43-70(69)86(94)99)88(103-51-29-13-26-44-74(96)101-6)109-72-57-107-87(113-78(72)80)65-46-48-66(100-5)49-47-65/h7-12,14-25,27-28,30-43,46-49,71-73,76-84,87-90H,13,26,29,44-45,50-59H2,1-6H3/t71-,72-,73-,76-,77+,78-,79+,80-,81+,82+,83-,84-,87-,88-,89-,90-,92?/m1/s1. The minimum atomic E-state index is -3.57. The summed E-state index contributed by atoms with van der Waals surface area (Å²) in [6.45, 7) is 7.62. The zero-order chi connectivity index (χ0) is 82.2. The first kappa shape index (κ1) is 85.6. The van der Waals surface area contributed by atoms with E-state index in [9.17, 15) is 9.59 Å². The molecule has 0 N–H and O–H groups in total. The molecule has 0 saturated carbocycles. The number of unbranched alkanes of at least 4 members (excludes halogenated alkanes) is 2. The molecule has 26 heteroatoms. The number of carbonyl (C=O) groups excluding carboxylic acids is 5. The average Bonchev–Trinajstić information content (AvgIpc) is 1.69. The highest BCUT2D eigenvalue weighted by Gasteiger charge is 2.66. The Morgan fingerprint density at radius 3 is 1.61 bits per heavy atom. The Bertz CT molecular complexity index is 4490. The number of alkyl halides is 1. The molecule has 2 amide bonds. The molecule has 5 saturated heterocycles. The predicted molar refractivity (Wildman–Crippen MR) is 433 cm³/mol. The molecule has 0 aliphatic carbocycles. The summed E-state index contributed by atoms with van der Waals surface area (Å²) in [6.07, 6.45) is -18.9. The molecule has 624 valence electrons. The van der Waals surface area contributed by atoms with Gasteiger partial charge in [-0.2, -0.15) is 0 Å². The number of nitrogens with zero attached hydrogens (tertiary/aromatic N) is 1. The van der Waals surface area contributed by atoms with Crippen molar-refractivity contribution >= 4 is 59.8 Å². The summed E-state index contributed by atoms with van der Waals surface area (Å²) in [7, 11) is -0.680. The van der Waals surface area contributed by atoms with Gasteiger partial charge in [-0.15, -0.1) is 11.6 Å². The molecule has 8 aromatic carbocycles. The Labute approximate surface area is 693 Å². The number of Topliss-reactive ketones (excluding diaryl/α,β-unsaturated/α-hetero) is 1. The molecule has 0 spiro atoms. The fourth-order valence-electron chi connectivity index (χ4n) is 16.1. The second-order valence-electron chi connectivity index (χ2n) is 31.1. The number of ketones is 1. The van der Waals surface area contributed by atoms with Crippen LogP contribution in [0.2, 0.25) is 5.04 Å². The molecule has 6 aliphatic rings. The molecule has 0 bridgehead atoms.